The summed E-state index contributed by atoms with van der Waals surface area (Å²) in [5, 5.41) is 11.4. The number of hydrogen-bond acceptors (Lipinski definition) is 6. The van der Waals surface area contributed by atoms with Gasteiger partial charge >= 0.3 is 5.97 Å². The van der Waals surface area contributed by atoms with Gasteiger partial charge in [0.25, 0.3) is 0 Å². The smallest absolute Gasteiger partial charge is 0.354 e. The maximum absolute atomic E-state index is 11.2. The molecular weight excluding hydrogens is 232 g/mol. The zero-order valence-corrected chi connectivity index (χ0v) is 9.65. The van der Waals surface area contributed by atoms with E-state index in [0.29, 0.717) is 12.4 Å². The van der Waals surface area contributed by atoms with Gasteiger partial charge in [0, 0.05) is 0 Å². The number of ether oxygens (including phenoxy) is 1. The number of anilines is 1. The van der Waals surface area contributed by atoms with Gasteiger partial charge in [0.15, 0.2) is 11.0 Å². The van der Waals surface area contributed by atoms with Crippen molar-refractivity contribution in [1.82, 2.24) is 10.2 Å². The van der Waals surface area contributed by atoms with Crippen LogP contribution < -0.4 is 5.43 Å². The number of carbonyl (C=O) groups excluding carboxylic acids is 1. The molecule has 0 aliphatic carbocycles. The van der Waals surface area contributed by atoms with Gasteiger partial charge in [-0.3, -0.25) is 5.43 Å². The summed E-state index contributed by atoms with van der Waals surface area (Å²) in [6.07, 6.45) is 0. The Kier molecular flexibility index (Phi) is 4.65. The number of hydrogen-bond donors (Lipinski definition) is 1. The minimum atomic E-state index is -0.475. The molecule has 86 valence electrons. The number of esters is 1. The number of halogens is 1. The summed E-state index contributed by atoms with van der Waals surface area (Å²) in [7, 11) is 0. The molecule has 0 aliphatic rings. The number of hydrazone groups is 1. The second-order valence-corrected chi connectivity index (χ2v) is 3.16. The molecule has 0 saturated carbocycles. The van der Waals surface area contributed by atoms with Gasteiger partial charge in [0.1, 0.15) is 5.71 Å². The summed E-state index contributed by atoms with van der Waals surface area (Å²) in [6, 6.07) is 3.16. The van der Waals surface area contributed by atoms with Crippen molar-refractivity contribution in [3.63, 3.8) is 0 Å². The second kappa shape index (κ2) is 6.02. The van der Waals surface area contributed by atoms with Crippen LogP contribution in [0.2, 0.25) is 5.15 Å². The van der Waals surface area contributed by atoms with Crippen molar-refractivity contribution in [2.75, 3.05) is 12.0 Å². The predicted octanol–water partition coefficient (Wildman–Crippen LogP) is 1.48. The highest BCUT2D eigenvalue weighted by Crippen LogP contribution is 2.05. The van der Waals surface area contributed by atoms with Crippen LogP contribution in [0, 0.1) is 0 Å². The van der Waals surface area contributed by atoms with Crippen LogP contribution in [0.4, 0.5) is 5.82 Å². The Morgan fingerprint density at radius 3 is 2.88 bits per heavy atom. The van der Waals surface area contributed by atoms with Crippen LogP contribution in [0.25, 0.3) is 0 Å². The van der Waals surface area contributed by atoms with E-state index in [0.717, 1.165) is 0 Å². The zero-order chi connectivity index (χ0) is 12.0. The average molecular weight is 243 g/mol. The van der Waals surface area contributed by atoms with Gasteiger partial charge in [0.2, 0.25) is 0 Å². The van der Waals surface area contributed by atoms with Gasteiger partial charge < -0.3 is 4.74 Å². The van der Waals surface area contributed by atoms with Crippen LogP contribution in [-0.2, 0) is 9.53 Å². The normalized spacial score (nSPS) is 11.1. The number of nitrogens with zero attached hydrogens (tertiary/aromatic N) is 3. The summed E-state index contributed by atoms with van der Waals surface area (Å²) in [4.78, 5) is 11.2. The number of aromatic nitrogens is 2. The number of carbonyl (C=O) groups is 1. The third-order valence-corrected chi connectivity index (χ3v) is 1.74. The molecule has 0 unspecified atom stereocenters. The third kappa shape index (κ3) is 3.82. The SMILES string of the molecule is CCOC(=O)/C(C)=N\Nc1ccc(Cl)nn1. The topological polar surface area (TPSA) is 76.5 Å². The van der Waals surface area contributed by atoms with Crippen LogP contribution in [0.15, 0.2) is 17.2 Å². The molecule has 6 nitrogen and oxygen atoms in total. The Balaban J connectivity index is 2.58. The van der Waals surface area contributed by atoms with Crippen molar-refractivity contribution in [3.8, 4) is 0 Å². The molecule has 0 saturated heterocycles. The molecule has 1 aromatic rings. The zero-order valence-electron chi connectivity index (χ0n) is 8.90. The third-order valence-electron chi connectivity index (χ3n) is 1.54. The van der Waals surface area contributed by atoms with Crippen LogP contribution in [-0.4, -0.2) is 28.5 Å². The first-order valence-electron chi connectivity index (χ1n) is 4.60. The first-order chi connectivity index (χ1) is 7.63. The predicted molar refractivity (Wildman–Crippen MR) is 60.4 cm³/mol. The molecule has 0 aromatic carbocycles. The van der Waals surface area contributed by atoms with Crippen molar-refractivity contribution >= 4 is 29.1 Å². The molecule has 0 amide bonds. The highest BCUT2D eigenvalue weighted by molar-refractivity contribution is 6.35. The van der Waals surface area contributed by atoms with Gasteiger partial charge in [-0.15, -0.1) is 10.2 Å². The van der Waals surface area contributed by atoms with E-state index in [1.165, 1.54) is 6.92 Å². The maximum atomic E-state index is 11.2. The van der Waals surface area contributed by atoms with E-state index in [4.69, 9.17) is 16.3 Å². The average Bonchev–Trinajstić information content (AvgIpc) is 2.28. The van der Waals surface area contributed by atoms with Gasteiger partial charge in [-0.2, -0.15) is 5.10 Å². The molecule has 0 atom stereocenters. The molecule has 16 heavy (non-hydrogen) atoms. The lowest BCUT2D eigenvalue weighted by atomic mass is 10.4. The van der Waals surface area contributed by atoms with E-state index in [-0.39, 0.29) is 10.9 Å². The van der Waals surface area contributed by atoms with E-state index in [1.807, 2.05) is 0 Å². The summed E-state index contributed by atoms with van der Waals surface area (Å²) in [5.74, 6) is -0.0787. The van der Waals surface area contributed by atoms with Gasteiger partial charge in [0.05, 0.1) is 6.61 Å². The summed E-state index contributed by atoms with van der Waals surface area (Å²) in [5.41, 5.74) is 2.77. The molecule has 1 heterocycles. The van der Waals surface area contributed by atoms with Crippen LogP contribution in [0.1, 0.15) is 13.8 Å². The number of rotatable bonds is 4. The summed E-state index contributed by atoms with van der Waals surface area (Å²) in [6.45, 7) is 3.57. The fourth-order valence-corrected chi connectivity index (χ4v) is 0.899. The Morgan fingerprint density at radius 1 is 1.56 bits per heavy atom. The fourth-order valence-electron chi connectivity index (χ4n) is 0.798. The minimum Gasteiger partial charge on any atom is -0.461 e. The van der Waals surface area contributed by atoms with E-state index < -0.39 is 5.97 Å². The lowest BCUT2D eigenvalue weighted by molar-refractivity contribution is -0.135. The first-order valence-corrected chi connectivity index (χ1v) is 4.98. The van der Waals surface area contributed by atoms with Gasteiger partial charge in [-0.1, -0.05) is 11.6 Å². The molecular formula is C9H11ClN4O2. The molecule has 0 radical (unpaired) electrons. The Hall–Kier alpha value is -1.69. The summed E-state index contributed by atoms with van der Waals surface area (Å²) < 4.78 is 4.74. The Morgan fingerprint density at radius 2 is 2.31 bits per heavy atom. The summed E-state index contributed by atoms with van der Waals surface area (Å²) >= 11 is 5.55. The van der Waals surface area contributed by atoms with Crippen molar-refractivity contribution in [3.05, 3.63) is 17.3 Å². The highest BCUT2D eigenvalue weighted by Gasteiger charge is 2.05. The molecule has 7 heteroatoms. The van der Waals surface area contributed by atoms with E-state index in [9.17, 15) is 4.79 Å². The largest absolute Gasteiger partial charge is 0.461 e. The lowest BCUT2D eigenvalue weighted by Crippen LogP contribution is -2.15. The van der Waals surface area contributed by atoms with E-state index in [1.54, 1.807) is 19.1 Å². The molecule has 1 aromatic heterocycles. The van der Waals surface area contributed by atoms with Crippen LogP contribution in [0.3, 0.4) is 0 Å². The van der Waals surface area contributed by atoms with Crippen molar-refractivity contribution in [2.24, 2.45) is 5.10 Å². The van der Waals surface area contributed by atoms with Crippen molar-refractivity contribution in [2.45, 2.75) is 13.8 Å². The lowest BCUT2D eigenvalue weighted by Gasteiger charge is -2.01. The first kappa shape index (κ1) is 12.4. The fraction of sp³-hybridized carbons (Fsp3) is 0.333. The molecule has 1 rings (SSSR count). The van der Waals surface area contributed by atoms with E-state index in [2.05, 4.69) is 20.7 Å². The highest BCUT2D eigenvalue weighted by atomic mass is 35.5. The molecule has 0 bridgehead atoms. The van der Waals surface area contributed by atoms with Gasteiger partial charge in [-0.05, 0) is 26.0 Å². The molecule has 0 aliphatic heterocycles. The van der Waals surface area contributed by atoms with Crippen LogP contribution in [0.5, 0.6) is 0 Å². The molecule has 1 N–H and O–H groups in total. The van der Waals surface area contributed by atoms with Crippen molar-refractivity contribution in [1.29, 1.82) is 0 Å². The maximum Gasteiger partial charge on any atom is 0.354 e. The van der Waals surface area contributed by atoms with Gasteiger partial charge in [-0.25, -0.2) is 4.79 Å². The monoisotopic (exact) mass is 242 g/mol. The standard InChI is InChI=1S/C9H11ClN4O2/c1-3-16-9(15)6(2)11-13-8-5-4-7(10)12-14-8/h4-5H,3H2,1-2H3,(H,13,14)/b11-6-. The molecule has 0 spiro atoms. The molecule has 0 fully saturated rings. The minimum absolute atomic E-state index is 0.207. The Labute approximate surface area is 97.7 Å². The second-order valence-electron chi connectivity index (χ2n) is 2.77. The Bertz CT molecular complexity index is 391. The van der Waals surface area contributed by atoms with E-state index >= 15 is 0 Å². The quantitative estimate of drug-likeness (QED) is 0.492. The number of nitrogens with one attached hydrogen (secondary N) is 1. The van der Waals surface area contributed by atoms with Crippen LogP contribution >= 0.6 is 11.6 Å². The van der Waals surface area contributed by atoms with Crippen molar-refractivity contribution < 1.29 is 9.53 Å².